The molecule has 0 atom stereocenters. The van der Waals surface area contributed by atoms with Gasteiger partial charge in [0, 0.05) is 39.3 Å². The number of halogens is 3. The largest absolute Gasteiger partial charge is 0.417 e. The van der Waals surface area contributed by atoms with Gasteiger partial charge in [-0.1, -0.05) is 0 Å². The Balaban J connectivity index is 2.02. The first-order valence-electron chi connectivity index (χ1n) is 5.91. The predicted molar refractivity (Wildman–Crippen MR) is 63.7 cm³/mol. The van der Waals surface area contributed by atoms with Crippen molar-refractivity contribution in [3.63, 3.8) is 0 Å². The zero-order valence-electron chi connectivity index (χ0n) is 10.4. The highest BCUT2D eigenvalue weighted by Gasteiger charge is 2.31. The van der Waals surface area contributed by atoms with E-state index < -0.39 is 11.7 Å². The number of piperazine rings is 1. The van der Waals surface area contributed by atoms with Crippen LogP contribution in [0.5, 0.6) is 0 Å². The van der Waals surface area contributed by atoms with E-state index in [-0.39, 0.29) is 5.91 Å². The Morgan fingerprint density at radius 3 is 2.26 bits per heavy atom. The number of hydrogen-bond acceptors (Lipinski definition) is 3. The quantitative estimate of drug-likeness (QED) is 0.782. The summed E-state index contributed by atoms with van der Waals surface area (Å²) in [5.74, 6) is 0.524. The van der Waals surface area contributed by atoms with Crippen LogP contribution in [0.1, 0.15) is 12.5 Å². The molecule has 2 rings (SSSR count). The predicted octanol–water partition coefficient (Wildman–Crippen LogP) is 1.77. The molecule has 104 valence electrons. The summed E-state index contributed by atoms with van der Waals surface area (Å²) in [6.45, 7) is 3.80. The minimum atomic E-state index is -4.36. The molecule has 1 amide bonds. The Hall–Kier alpha value is -1.79. The van der Waals surface area contributed by atoms with Gasteiger partial charge in [-0.25, -0.2) is 4.98 Å². The van der Waals surface area contributed by atoms with E-state index in [1.54, 1.807) is 4.90 Å². The lowest BCUT2D eigenvalue weighted by Crippen LogP contribution is -2.48. The van der Waals surface area contributed by atoms with Gasteiger partial charge in [0.05, 0.1) is 5.56 Å². The standard InChI is InChI=1S/C12H14F3N3O/c1-9(19)17-4-6-18(7-5-17)11-3-2-10(8-16-11)12(13,14)15/h2-3,8H,4-7H2,1H3. The van der Waals surface area contributed by atoms with Crippen molar-refractivity contribution in [2.24, 2.45) is 0 Å². The molecular formula is C12H14F3N3O. The minimum absolute atomic E-state index is 0.0139. The minimum Gasteiger partial charge on any atom is -0.353 e. The van der Waals surface area contributed by atoms with E-state index in [9.17, 15) is 18.0 Å². The van der Waals surface area contributed by atoms with Crippen LogP contribution in [0.4, 0.5) is 19.0 Å². The molecule has 19 heavy (non-hydrogen) atoms. The second-order valence-electron chi connectivity index (χ2n) is 4.40. The van der Waals surface area contributed by atoms with Crippen LogP contribution in [0.3, 0.4) is 0 Å². The van der Waals surface area contributed by atoms with Crippen molar-refractivity contribution < 1.29 is 18.0 Å². The van der Waals surface area contributed by atoms with Crippen LogP contribution in [-0.2, 0) is 11.0 Å². The number of anilines is 1. The average Bonchev–Trinajstić information content (AvgIpc) is 2.38. The first-order chi connectivity index (χ1) is 8.88. The second kappa shape index (κ2) is 5.07. The van der Waals surface area contributed by atoms with Crippen LogP contribution >= 0.6 is 0 Å². The topological polar surface area (TPSA) is 36.4 Å². The third-order valence-electron chi connectivity index (χ3n) is 3.12. The summed E-state index contributed by atoms with van der Waals surface area (Å²) >= 11 is 0. The number of rotatable bonds is 1. The molecule has 1 aliphatic heterocycles. The number of pyridine rings is 1. The second-order valence-corrected chi connectivity index (χ2v) is 4.40. The van der Waals surface area contributed by atoms with E-state index in [0.717, 1.165) is 12.3 Å². The summed E-state index contributed by atoms with van der Waals surface area (Å²) in [6, 6.07) is 2.39. The van der Waals surface area contributed by atoms with Gasteiger partial charge >= 0.3 is 6.18 Å². The normalized spacial score (nSPS) is 16.6. The molecule has 0 unspecified atom stereocenters. The molecule has 1 aromatic heterocycles. The number of aromatic nitrogens is 1. The highest BCUT2D eigenvalue weighted by atomic mass is 19.4. The lowest BCUT2D eigenvalue weighted by molar-refractivity contribution is -0.137. The molecular weight excluding hydrogens is 259 g/mol. The van der Waals surface area contributed by atoms with E-state index in [0.29, 0.717) is 32.0 Å². The molecule has 0 radical (unpaired) electrons. The summed E-state index contributed by atoms with van der Waals surface area (Å²) in [5, 5.41) is 0. The molecule has 1 aromatic rings. The molecule has 0 N–H and O–H groups in total. The third kappa shape index (κ3) is 3.15. The van der Waals surface area contributed by atoms with Gasteiger partial charge in [-0.15, -0.1) is 0 Å². The molecule has 4 nitrogen and oxygen atoms in total. The molecule has 7 heteroatoms. The van der Waals surface area contributed by atoms with Gasteiger partial charge in [-0.05, 0) is 12.1 Å². The lowest BCUT2D eigenvalue weighted by atomic mass is 10.2. The van der Waals surface area contributed by atoms with Crippen LogP contribution in [0.25, 0.3) is 0 Å². The van der Waals surface area contributed by atoms with Crippen molar-refractivity contribution in [1.82, 2.24) is 9.88 Å². The van der Waals surface area contributed by atoms with Crippen molar-refractivity contribution in [2.75, 3.05) is 31.1 Å². The van der Waals surface area contributed by atoms with Gasteiger partial charge in [0.2, 0.25) is 5.91 Å². The highest BCUT2D eigenvalue weighted by Crippen LogP contribution is 2.29. The molecule has 2 heterocycles. The first kappa shape index (κ1) is 13.6. The van der Waals surface area contributed by atoms with E-state index in [1.165, 1.54) is 13.0 Å². The summed E-state index contributed by atoms with van der Waals surface area (Å²) in [4.78, 5) is 18.6. The van der Waals surface area contributed by atoms with Crippen molar-refractivity contribution in [2.45, 2.75) is 13.1 Å². The Kier molecular flexibility index (Phi) is 3.64. The smallest absolute Gasteiger partial charge is 0.353 e. The maximum atomic E-state index is 12.4. The summed E-state index contributed by atoms with van der Waals surface area (Å²) in [5.41, 5.74) is -0.751. The van der Waals surface area contributed by atoms with Gasteiger partial charge in [-0.3, -0.25) is 4.79 Å². The zero-order chi connectivity index (χ0) is 14.0. The van der Waals surface area contributed by atoms with Crippen LogP contribution in [0.15, 0.2) is 18.3 Å². The maximum absolute atomic E-state index is 12.4. The van der Waals surface area contributed by atoms with E-state index in [4.69, 9.17) is 0 Å². The number of nitrogens with zero attached hydrogens (tertiary/aromatic N) is 3. The number of alkyl halides is 3. The molecule has 0 aromatic carbocycles. The highest BCUT2D eigenvalue weighted by molar-refractivity contribution is 5.73. The Labute approximate surface area is 108 Å². The fraction of sp³-hybridized carbons (Fsp3) is 0.500. The van der Waals surface area contributed by atoms with Crippen LogP contribution in [-0.4, -0.2) is 42.0 Å². The van der Waals surface area contributed by atoms with Crippen molar-refractivity contribution in [1.29, 1.82) is 0 Å². The van der Waals surface area contributed by atoms with E-state index in [1.807, 2.05) is 4.90 Å². The van der Waals surface area contributed by atoms with Crippen molar-refractivity contribution in [3.8, 4) is 0 Å². The Morgan fingerprint density at radius 2 is 1.84 bits per heavy atom. The van der Waals surface area contributed by atoms with Gasteiger partial charge in [-0.2, -0.15) is 13.2 Å². The third-order valence-corrected chi connectivity index (χ3v) is 3.12. The fourth-order valence-corrected chi connectivity index (χ4v) is 1.99. The SMILES string of the molecule is CC(=O)N1CCN(c2ccc(C(F)(F)F)cn2)CC1. The monoisotopic (exact) mass is 273 g/mol. The van der Waals surface area contributed by atoms with Crippen LogP contribution in [0.2, 0.25) is 0 Å². The number of carbonyl (C=O) groups is 1. The molecule has 0 bridgehead atoms. The summed E-state index contributed by atoms with van der Waals surface area (Å²) in [7, 11) is 0. The Morgan fingerprint density at radius 1 is 1.21 bits per heavy atom. The summed E-state index contributed by atoms with van der Waals surface area (Å²) in [6.07, 6.45) is -3.52. The van der Waals surface area contributed by atoms with Gasteiger partial charge in [0.25, 0.3) is 0 Å². The molecule has 0 saturated carbocycles. The van der Waals surface area contributed by atoms with E-state index >= 15 is 0 Å². The number of amides is 1. The fourth-order valence-electron chi connectivity index (χ4n) is 1.99. The molecule has 0 aliphatic carbocycles. The van der Waals surface area contributed by atoms with Crippen molar-refractivity contribution in [3.05, 3.63) is 23.9 Å². The Bertz CT molecular complexity index is 450. The van der Waals surface area contributed by atoms with Crippen molar-refractivity contribution >= 4 is 11.7 Å². The van der Waals surface area contributed by atoms with E-state index in [2.05, 4.69) is 4.98 Å². The molecule has 0 spiro atoms. The first-order valence-corrected chi connectivity index (χ1v) is 5.91. The van der Waals surface area contributed by atoms with Gasteiger partial charge < -0.3 is 9.80 Å². The number of carbonyl (C=O) groups excluding carboxylic acids is 1. The maximum Gasteiger partial charge on any atom is 0.417 e. The average molecular weight is 273 g/mol. The van der Waals surface area contributed by atoms with Gasteiger partial charge in [0.15, 0.2) is 0 Å². The number of hydrogen-bond donors (Lipinski definition) is 0. The summed E-state index contributed by atoms with van der Waals surface area (Å²) < 4.78 is 37.2. The van der Waals surface area contributed by atoms with Crippen LogP contribution in [0, 0.1) is 0 Å². The van der Waals surface area contributed by atoms with Gasteiger partial charge in [0.1, 0.15) is 5.82 Å². The molecule has 1 aliphatic rings. The zero-order valence-corrected chi connectivity index (χ0v) is 10.4. The molecule has 1 fully saturated rings. The molecule has 1 saturated heterocycles. The lowest BCUT2D eigenvalue weighted by Gasteiger charge is -2.34. The van der Waals surface area contributed by atoms with Crippen LogP contribution < -0.4 is 4.90 Å².